The van der Waals surface area contributed by atoms with Crippen LogP contribution in [-0.2, 0) is 0 Å². The zero-order chi connectivity index (χ0) is 12.6. The Bertz CT molecular complexity index is 208. The molecular weight excluding hydrogens is 222 g/mol. The summed E-state index contributed by atoms with van der Waals surface area (Å²) in [7, 11) is 0. The van der Waals surface area contributed by atoms with Gasteiger partial charge in [0.15, 0.2) is 0 Å². The number of nitrogens with one attached hydrogen (secondary N) is 2. The van der Waals surface area contributed by atoms with Gasteiger partial charge in [0, 0.05) is 6.54 Å². The van der Waals surface area contributed by atoms with E-state index in [1.165, 1.54) is 77.9 Å². The second kappa shape index (κ2) is 8.13. The van der Waals surface area contributed by atoms with Crippen molar-refractivity contribution in [3.8, 4) is 0 Å². The van der Waals surface area contributed by atoms with Gasteiger partial charge in [0.1, 0.15) is 0 Å². The third-order valence-electron chi connectivity index (χ3n) is 4.40. The summed E-state index contributed by atoms with van der Waals surface area (Å²) in [5.41, 5.74) is 0. The van der Waals surface area contributed by atoms with E-state index in [4.69, 9.17) is 0 Å². The molecule has 1 unspecified atom stereocenters. The molecule has 2 saturated heterocycles. The molecule has 3 heteroatoms. The van der Waals surface area contributed by atoms with Gasteiger partial charge in [-0.2, -0.15) is 0 Å². The molecule has 2 heterocycles. The van der Waals surface area contributed by atoms with Crippen LogP contribution in [0.15, 0.2) is 0 Å². The third kappa shape index (κ3) is 5.25. The van der Waals surface area contributed by atoms with Crippen molar-refractivity contribution in [3.05, 3.63) is 0 Å². The Labute approximate surface area is 113 Å². The van der Waals surface area contributed by atoms with Crippen LogP contribution in [0.2, 0.25) is 0 Å². The lowest BCUT2D eigenvalue weighted by Gasteiger charge is -2.29. The van der Waals surface area contributed by atoms with Crippen molar-refractivity contribution in [1.29, 1.82) is 0 Å². The molecule has 2 N–H and O–H groups in total. The molecule has 1 atom stereocenters. The third-order valence-corrected chi connectivity index (χ3v) is 4.40. The zero-order valence-corrected chi connectivity index (χ0v) is 12.1. The van der Waals surface area contributed by atoms with Crippen LogP contribution in [0.25, 0.3) is 0 Å². The second-order valence-corrected chi connectivity index (χ2v) is 6.32. The van der Waals surface area contributed by atoms with Crippen LogP contribution < -0.4 is 10.6 Å². The molecule has 0 aromatic heterocycles. The highest BCUT2D eigenvalue weighted by atomic mass is 15.1. The molecule has 0 aromatic carbocycles. The van der Waals surface area contributed by atoms with E-state index in [1.807, 2.05) is 0 Å². The Kier molecular flexibility index (Phi) is 6.46. The van der Waals surface area contributed by atoms with Gasteiger partial charge in [0.05, 0.1) is 0 Å². The number of piperidine rings is 2. The first kappa shape index (κ1) is 14.3. The van der Waals surface area contributed by atoms with Crippen molar-refractivity contribution in [1.82, 2.24) is 15.5 Å². The van der Waals surface area contributed by atoms with Crippen LogP contribution in [0.5, 0.6) is 0 Å². The van der Waals surface area contributed by atoms with Crippen molar-refractivity contribution in [3.63, 3.8) is 0 Å². The van der Waals surface area contributed by atoms with Crippen LogP contribution in [0.4, 0.5) is 0 Å². The predicted octanol–water partition coefficient (Wildman–Crippen LogP) is 1.70. The van der Waals surface area contributed by atoms with Gasteiger partial charge in [0.25, 0.3) is 0 Å². The van der Waals surface area contributed by atoms with Gasteiger partial charge in [0.2, 0.25) is 0 Å². The average Bonchev–Trinajstić information content (AvgIpc) is 2.41. The van der Waals surface area contributed by atoms with E-state index in [-0.39, 0.29) is 0 Å². The minimum Gasteiger partial charge on any atom is -0.317 e. The van der Waals surface area contributed by atoms with Gasteiger partial charge in [-0.05, 0) is 76.8 Å². The summed E-state index contributed by atoms with van der Waals surface area (Å²) in [6.07, 6.45) is 6.98. The van der Waals surface area contributed by atoms with E-state index in [2.05, 4.69) is 22.5 Å². The van der Waals surface area contributed by atoms with E-state index in [9.17, 15) is 0 Å². The lowest BCUT2D eigenvalue weighted by molar-refractivity contribution is 0.197. The molecule has 0 saturated carbocycles. The molecular formula is C15H31N3. The molecule has 0 radical (unpaired) electrons. The van der Waals surface area contributed by atoms with Crippen molar-refractivity contribution in [2.24, 2.45) is 11.8 Å². The molecule has 0 spiro atoms. The molecule has 18 heavy (non-hydrogen) atoms. The molecule has 2 fully saturated rings. The molecule has 2 aliphatic rings. The van der Waals surface area contributed by atoms with Crippen LogP contribution in [0.1, 0.15) is 39.0 Å². The summed E-state index contributed by atoms with van der Waals surface area (Å²) in [4.78, 5) is 2.65. The first-order chi connectivity index (χ1) is 8.84. The molecule has 0 aliphatic carbocycles. The van der Waals surface area contributed by atoms with E-state index < -0.39 is 0 Å². The van der Waals surface area contributed by atoms with E-state index in [0.717, 1.165) is 11.8 Å². The fraction of sp³-hybridized carbons (Fsp3) is 1.00. The first-order valence-corrected chi connectivity index (χ1v) is 7.98. The van der Waals surface area contributed by atoms with E-state index in [0.29, 0.717) is 0 Å². The maximum Gasteiger partial charge on any atom is 0.00191 e. The van der Waals surface area contributed by atoms with Crippen LogP contribution in [0.3, 0.4) is 0 Å². The number of nitrogens with zero attached hydrogens (tertiary/aromatic N) is 1. The van der Waals surface area contributed by atoms with Crippen molar-refractivity contribution < 1.29 is 0 Å². The van der Waals surface area contributed by atoms with Crippen molar-refractivity contribution >= 4 is 0 Å². The Morgan fingerprint density at radius 1 is 1.17 bits per heavy atom. The Morgan fingerprint density at radius 3 is 2.61 bits per heavy atom. The predicted molar refractivity (Wildman–Crippen MR) is 77.9 cm³/mol. The summed E-state index contributed by atoms with van der Waals surface area (Å²) in [5.74, 6) is 1.71. The Hall–Kier alpha value is -0.120. The normalized spacial score (nSPS) is 25.2. The highest BCUT2D eigenvalue weighted by Crippen LogP contribution is 2.12. The Balaban J connectivity index is 1.52. The average molecular weight is 253 g/mol. The molecule has 0 bridgehead atoms. The second-order valence-electron chi connectivity index (χ2n) is 6.32. The molecule has 3 nitrogen and oxygen atoms in total. The minimum absolute atomic E-state index is 0.796. The fourth-order valence-electron chi connectivity index (χ4n) is 3.27. The lowest BCUT2D eigenvalue weighted by Crippen LogP contribution is -2.39. The number of hydrogen-bond acceptors (Lipinski definition) is 3. The SMILES string of the molecule is CC(CNCC1CCNCC1)CN1CCCCC1. The maximum atomic E-state index is 3.69. The number of hydrogen-bond donors (Lipinski definition) is 2. The highest BCUT2D eigenvalue weighted by Gasteiger charge is 2.15. The summed E-state index contributed by atoms with van der Waals surface area (Å²) >= 11 is 0. The Morgan fingerprint density at radius 2 is 1.89 bits per heavy atom. The van der Waals surface area contributed by atoms with Crippen LogP contribution in [0, 0.1) is 11.8 Å². The fourth-order valence-corrected chi connectivity index (χ4v) is 3.27. The maximum absolute atomic E-state index is 3.69. The van der Waals surface area contributed by atoms with Crippen molar-refractivity contribution in [2.45, 2.75) is 39.0 Å². The first-order valence-electron chi connectivity index (χ1n) is 7.98. The van der Waals surface area contributed by atoms with Gasteiger partial charge >= 0.3 is 0 Å². The molecule has 0 amide bonds. The summed E-state index contributed by atoms with van der Waals surface area (Å²) in [6.45, 7) is 11.2. The summed E-state index contributed by atoms with van der Waals surface area (Å²) in [6, 6.07) is 0. The zero-order valence-electron chi connectivity index (χ0n) is 12.1. The molecule has 106 valence electrons. The standard InChI is InChI=1S/C15H31N3/c1-14(13-18-9-3-2-4-10-18)11-17-12-15-5-7-16-8-6-15/h14-17H,2-13H2,1H3. The molecule has 0 aromatic rings. The lowest BCUT2D eigenvalue weighted by atomic mass is 9.98. The largest absolute Gasteiger partial charge is 0.317 e. The monoisotopic (exact) mass is 253 g/mol. The summed E-state index contributed by atoms with van der Waals surface area (Å²) in [5, 5.41) is 7.12. The van der Waals surface area contributed by atoms with Gasteiger partial charge in [-0.25, -0.2) is 0 Å². The van der Waals surface area contributed by atoms with E-state index in [1.54, 1.807) is 0 Å². The molecule has 2 rings (SSSR count). The van der Waals surface area contributed by atoms with Crippen molar-refractivity contribution in [2.75, 3.05) is 45.8 Å². The highest BCUT2D eigenvalue weighted by molar-refractivity contribution is 4.72. The van der Waals surface area contributed by atoms with Crippen LogP contribution >= 0.6 is 0 Å². The molecule has 2 aliphatic heterocycles. The topological polar surface area (TPSA) is 27.3 Å². The summed E-state index contributed by atoms with van der Waals surface area (Å²) < 4.78 is 0. The number of rotatable bonds is 6. The van der Waals surface area contributed by atoms with Gasteiger partial charge in [-0.1, -0.05) is 13.3 Å². The minimum atomic E-state index is 0.796. The van der Waals surface area contributed by atoms with Gasteiger partial charge < -0.3 is 15.5 Å². The quantitative estimate of drug-likeness (QED) is 0.754. The van der Waals surface area contributed by atoms with E-state index >= 15 is 0 Å². The number of likely N-dealkylation sites (tertiary alicyclic amines) is 1. The van der Waals surface area contributed by atoms with Gasteiger partial charge in [-0.15, -0.1) is 0 Å². The van der Waals surface area contributed by atoms with Gasteiger partial charge in [-0.3, -0.25) is 0 Å². The van der Waals surface area contributed by atoms with Crippen LogP contribution in [-0.4, -0.2) is 50.7 Å². The smallest absolute Gasteiger partial charge is 0.00191 e.